The van der Waals surface area contributed by atoms with Gasteiger partial charge in [0.05, 0.1) is 5.69 Å². The van der Waals surface area contributed by atoms with E-state index in [0.29, 0.717) is 5.89 Å². The van der Waals surface area contributed by atoms with Gasteiger partial charge < -0.3 is 9.52 Å². The van der Waals surface area contributed by atoms with Crippen LogP contribution in [-0.4, -0.2) is 16.1 Å². The average Bonchev–Trinajstić information content (AvgIpc) is 2.31. The van der Waals surface area contributed by atoms with Crippen LogP contribution in [0.1, 0.15) is 11.6 Å². The first kappa shape index (κ1) is 7.53. The minimum absolute atomic E-state index is 0.310. The molecule has 0 unspecified atom stereocenters. The Hall–Kier alpha value is -1.58. The zero-order valence-electron chi connectivity index (χ0n) is 5.94. The number of aryl methyl sites for hydroxylation is 1. The maximum atomic E-state index is 10.0. The molecule has 1 aromatic heterocycles. The molecule has 0 radical (unpaired) electrons. The summed E-state index contributed by atoms with van der Waals surface area (Å²) >= 11 is 0. The summed E-state index contributed by atoms with van der Waals surface area (Å²) in [5.41, 5.74) is 0.732. The van der Waals surface area contributed by atoms with Gasteiger partial charge in [0.25, 0.3) is 0 Å². The SMILES string of the molecule is Cc1coc(C=CC(=O)O)n1. The number of hydrogen-bond acceptors (Lipinski definition) is 3. The number of aliphatic carboxylic acids is 1. The van der Waals surface area contributed by atoms with E-state index in [1.54, 1.807) is 6.92 Å². The van der Waals surface area contributed by atoms with Gasteiger partial charge in [-0.3, -0.25) is 0 Å². The van der Waals surface area contributed by atoms with Crippen LogP contribution in [0.5, 0.6) is 0 Å². The molecule has 0 atom stereocenters. The Morgan fingerprint density at radius 1 is 1.82 bits per heavy atom. The van der Waals surface area contributed by atoms with E-state index in [4.69, 9.17) is 9.52 Å². The molecule has 0 bridgehead atoms. The number of nitrogens with zero attached hydrogens (tertiary/aromatic N) is 1. The van der Waals surface area contributed by atoms with Crippen LogP contribution in [0.2, 0.25) is 0 Å². The summed E-state index contributed by atoms with van der Waals surface area (Å²) in [7, 11) is 0. The number of carbonyl (C=O) groups is 1. The van der Waals surface area contributed by atoms with E-state index in [2.05, 4.69) is 4.98 Å². The Morgan fingerprint density at radius 2 is 2.55 bits per heavy atom. The number of aromatic nitrogens is 1. The van der Waals surface area contributed by atoms with Crippen LogP contribution < -0.4 is 0 Å². The molecule has 0 aromatic carbocycles. The van der Waals surface area contributed by atoms with Crippen LogP contribution in [0.3, 0.4) is 0 Å². The summed E-state index contributed by atoms with van der Waals surface area (Å²) < 4.78 is 4.85. The molecule has 4 heteroatoms. The van der Waals surface area contributed by atoms with Gasteiger partial charge in [-0.1, -0.05) is 0 Å². The lowest BCUT2D eigenvalue weighted by Gasteiger charge is -1.78. The van der Waals surface area contributed by atoms with Crippen molar-refractivity contribution in [1.82, 2.24) is 4.98 Å². The van der Waals surface area contributed by atoms with Gasteiger partial charge in [0.2, 0.25) is 5.89 Å². The Balaban J connectivity index is 2.71. The maximum absolute atomic E-state index is 10.0. The van der Waals surface area contributed by atoms with Crippen LogP contribution in [0.4, 0.5) is 0 Å². The summed E-state index contributed by atoms with van der Waals surface area (Å²) in [6, 6.07) is 0. The summed E-state index contributed by atoms with van der Waals surface area (Å²) in [4.78, 5) is 13.9. The van der Waals surface area contributed by atoms with Gasteiger partial charge in [0.15, 0.2) is 0 Å². The summed E-state index contributed by atoms with van der Waals surface area (Å²) in [5.74, 6) is -0.703. The molecule has 0 amide bonds. The van der Waals surface area contributed by atoms with Gasteiger partial charge in [0.1, 0.15) is 6.26 Å². The lowest BCUT2D eigenvalue weighted by Crippen LogP contribution is -1.85. The first-order chi connectivity index (χ1) is 5.18. The average molecular weight is 153 g/mol. The molecule has 0 spiro atoms. The highest BCUT2D eigenvalue weighted by atomic mass is 16.4. The molecule has 1 N–H and O–H groups in total. The van der Waals surface area contributed by atoms with Crippen molar-refractivity contribution in [3.8, 4) is 0 Å². The van der Waals surface area contributed by atoms with Gasteiger partial charge in [-0.2, -0.15) is 0 Å². The normalized spacial score (nSPS) is 10.6. The first-order valence-electron chi connectivity index (χ1n) is 3.01. The van der Waals surface area contributed by atoms with Gasteiger partial charge in [-0.15, -0.1) is 0 Å². The Bertz CT molecular complexity index is 288. The summed E-state index contributed by atoms with van der Waals surface area (Å²) in [6.07, 6.45) is 3.74. The van der Waals surface area contributed by atoms with Crippen molar-refractivity contribution >= 4 is 12.0 Å². The third-order valence-electron chi connectivity index (χ3n) is 1.01. The molecule has 1 rings (SSSR count). The van der Waals surface area contributed by atoms with Crippen molar-refractivity contribution < 1.29 is 14.3 Å². The lowest BCUT2D eigenvalue weighted by atomic mass is 10.5. The number of rotatable bonds is 2. The van der Waals surface area contributed by atoms with E-state index < -0.39 is 5.97 Å². The number of carboxylic acids is 1. The third-order valence-corrected chi connectivity index (χ3v) is 1.01. The second kappa shape index (κ2) is 3.01. The lowest BCUT2D eigenvalue weighted by molar-refractivity contribution is -0.131. The van der Waals surface area contributed by atoms with Gasteiger partial charge >= 0.3 is 5.97 Å². The molecule has 0 aliphatic carbocycles. The Labute approximate surface area is 63.2 Å². The van der Waals surface area contributed by atoms with E-state index in [1.807, 2.05) is 0 Å². The standard InChI is InChI=1S/C7H7NO3/c1-5-4-11-6(8-5)2-3-7(9)10/h2-4H,1H3,(H,9,10). The number of hydrogen-bond donors (Lipinski definition) is 1. The van der Waals surface area contributed by atoms with Crippen molar-refractivity contribution in [2.45, 2.75) is 6.92 Å². The van der Waals surface area contributed by atoms with Crippen LogP contribution in [0, 0.1) is 6.92 Å². The van der Waals surface area contributed by atoms with Crippen molar-refractivity contribution in [2.75, 3.05) is 0 Å². The van der Waals surface area contributed by atoms with Gasteiger partial charge in [-0.25, -0.2) is 9.78 Å². The van der Waals surface area contributed by atoms with Gasteiger partial charge in [-0.05, 0) is 6.92 Å². The highest BCUT2D eigenvalue weighted by Crippen LogP contribution is 2.01. The molecular weight excluding hydrogens is 146 g/mol. The van der Waals surface area contributed by atoms with Crippen molar-refractivity contribution in [3.05, 3.63) is 23.9 Å². The van der Waals surface area contributed by atoms with Crippen molar-refractivity contribution in [1.29, 1.82) is 0 Å². The zero-order chi connectivity index (χ0) is 8.27. The van der Waals surface area contributed by atoms with Crippen molar-refractivity contribution in [2.24, 2.45) is 0 Å². The van der Waals surface area contributed by atoms with E-state index in [1.165, 1.54) is 12.3 Å². The molecular formula is C7H7NO3. The fourth-order valence-corrected chi connectivity index (χ4v) is 0.591. The quantitative estimate of drug-likeness (QED) is 0.645. The predicted molar refractivity (Wildman–Crippen MR) is 37.9 cm³/mol. The van der Waals surface area contributed by atoms with Crippen LogP contribution >= 0.6 is 0 Å². The highest BCUT2D eigenvalue weighted by Gasteiger charge is 1.94. The second-order valence-corrected chi connectivity index (χ2v) is 2.00. The monoisotopic (exact) mass is 153 g/mol. The first-order valence-corrected chi connectivity index (χ1v) is 3.01. The van der Waals surface area contributed by atoms with Crippen molar-refractivity contribution in [3.63, 3.8) is 0 Å². The van der Waals surface area contributed by atoms with Crippen LogP contribution in [0.15, 0.2) is 16.8 Å². The number of oxazole rings is 1. The second-order valence-electron chi connectivity index (χ2n) is 2.00. The topological polar surface area (TPSA) is 63.3 Å². The molecule has 0 aliphatic heterocycles. The minimum atomic E-state index is -1.01. The zero-order valence-corrected chi connectivity index (χ0v) is 5.94. The minimum Gasteiger partial charge on any atom is -0.478 e. The summed E-state index contributed by atoms with van der Waals surface area (Å²) in [6.45, 7) is 1.77. The van der Waals surface area contributed by atoms with Gasteiger partial charge in [0, 0.05) is 12.2 Å². The number of carboxylic acid groups (broad SMARTS) is 1. The Morgan fingerprint density at radius 3 is 3.00 bits per heavy atom. The van der Waals surface area contributed by atoms with E-state index in [9.17, 15) is 4.79 Å². The fraction of sp³-hybridized carbons (Fsp3) is 0.143. The summed E-state index contributed by atoms with van der Waals surface area (Å²) in [5, 5.41) is 8.23. The molecule has 4 nitrogen and oxygen atoms in total. The van der Waals surface area contributed by atoms with E-state index >= 15 is 0 Å². The highest BCUT2D eigenvalue weighted by molar-refractivity contribution is 5.84. The molecule has 11 heavy (non-hydrogen) atoms. The largest absolute Gasteiger partial charge is 0.478 e. The molecule has 0 saturated carbocycles. The molecule has 58 valence electrons. The predicted octanol–water partition coefficient (Wildman–Crippen LogP) is 1.08. The molecule has 0 aliphatic rings. The van der Waals surface area contributed by atoms with Crippen LogP contribution in [0.25, 0.3) is 6.08 Å². The Kier molecular flexibility index (Phi) is 2.06. The smallest absolute Gasteiger partial charge is 0.328 e. The van der Waals surface area contributed by atoms with E-state index in [-0.39, 0.29) is 0 Å². The maximum Gasteiger partial charge on any atom is 0.328 e. The molecule has 0 fully saturated rings. The fourth-order valence-electron chi connectivity index (χ4n) is 0.591. The molecule has 1 heterocycles. The third kappa shape index (κ3) is 2.25. The molecule has 0 saturated heterocycles. The molecule has 1 aromatic rings. The van der Waals surface area contributed by atoms with E-state index in [0.717, 1.165) is 11.8 Å². The van der Waals surface area contributed by atoms with Crippen LogP contribution in [-0.2, 0) is 4.79 Å².